The van der Waals surface area contributed by atoms with Gasteiger partial charge in [0.05, 0.1) is 6.42 Å². The van der Waals surface area contributed by atoms with E-state index in [1.165, 1.54) is 0 Å². The number of benzene rings is 2. The zero-order valence-corrected chi connectivity index (χ0v) is 17.1. The first-order valence-electron chi connectivity index (χ1n) is 9.05. The molecule has 0 spiro atoms. The summed E-state index contributed by atoms with van der Waals surface area (Å²) in [5.41, 5.74) is 1.44. The lowest BCUT2D eigenvalue weighted by molar-refractivity contribution is -0.140. The van der Waals surface area contributed by atoms with Gasteiger partial charge >= 0.3 is 0 Å². The van der Waals surface area contributed by atoms with Gasteiger partial charge in [-0.2, -0.15) is 0 Å². The summed E-state index contributed by atoms with van der Waals surface area (Å²) >= 11 is 6.08. The van der Waals surface area contributed by atoms with Crippen LogP contribution in [-0.2, 0) is 22.6 Å². The monoisotopic (exact) mass is 386 g/mol. The molecule has 0 fully saturated rings. The third kappa shape index (κ3) is 6.72. The number of hydrogen-bond acceptors (Lipinski definition) is 2. The molecular weight excluding hydrogens is 360 g/mol. The van der Waals surface area contributed by atoms with E-state index < -0.39 is 6.04 Å². The fourth-order valence-electron chi connectivity index (χ4n) is 2.76. The summed E-state index contributed by atoms with van der Waals surface area (Å²) in [4.78, 5) is 27.3. The lowest BCUT2D eigenvalue weighted by Gasteiger charge is -2.31. The van der Waals surface area contributed by atoms with Crippen LogP contribution in [0.3, 0.4) is 0 Å². The minimum absolute atomic E-state index is 0.0993. The highest BCUT2D eigenvalue weighted by Crippen LogP contribution is 2.16. The number of halogens is 1. The Kier molecular flexibility index (Phi) is 7.03. The number of carbonyl (C=O) groups excluding carboxylic acids is 2. The topological polar surface area (TPSA) is 49.4 Å². The van der Waals surface area contributed by atoms with Crippen molar-refractivity contribution >= 4 is 23.4 Å². The smallest absolute Gasteiger partial charge is 0.242 e. The minimum atomic E-state index is -0.598. The predicted octanol–water partition coefficient (Wildman–Crippen LogP) is 4.21. The van der Waals surface area contributed by atoms with Crippen molar-refractivity contribution in [2.24, 2.45) is 0 Å². The normalized spacial score (nSPS) is 12.3. The largest absolute Gasteiger partial charge is 0.350 e. The number of nitrogens with zero attached hydrogens (tertiary/aromatic N) is 1. The van der Waals surface area contributed by atoms with Crippen LogP contribution in [0.5, 0.6) is 0 Å². The Morgan fingerprint density at radius 2 is 1.67 bits per heavy atom. The number of amides is 2. The van der Waals surface area contributed by atoms with E-state index in [0.29, 0.717) is 11.6 Å². The molecule has 2 aromatic carbocycles. The number of hydrogen-bond donors (Lipinski definition) is 1. The summed E-state index contributed by atoms with van der Waals surface area (Å²) in [5.74, 6) is -0.274. The lowest BCUT2D eigenvalue weighted by atomic mass is 10.1. The van der Waals surface area contributed by atoms with E-state index in [1.807, 2.05) is 69.3 Å². The summed E-state index contributed by atoms with van der Waals surface area (Å²) in [5, 5.41) is 3.56. The van der Waals surface area contributed by atoms with Gasteiger partial charge in [-0.3, -0.25) is 9.59 Å². The molecule has 1 N–H and O–H groups in total. The molecule has 1 unspecified atom stereocenters. The third-order valence-corrected chi connectivity index (χ3v) is 4.34. The zero-order chi connectivity index (χ0) is 20.0. The second-order valence-electron chi connectivity index (χ2n) is 7.73. The van der Waals surface area contributed by atoms with Crippen molar-refractivity contribution < 1.29 is 9.59 Å². The summed E-state index contributed by atoms with van der Waals surface area (Å²) in [7, 11) is 0. The molecule has 0 bridgehead atoms. The van der Waals surface area contributed by atoms with Gasteiger partial charge in [0, 0.05) is 17.1 Å². The van der Waals surface area contributed by atoms with Crippen molar-refractivity contribution in [2.75, 3.05) is 0 Å². The standard InChI is InChI=1S/C22H27ClN2O2/c1-16(21(27)24-22(2,3)4)25(15-18-11-8-12-19(23)13-18)20(26)14-17-9-6-5-7-10-17/h5-13,16H,14-15H2,1-4H3,(H,24,27). The molecule has 0 saturated heterocycles. The molecule has 0 heterocycles. The number of carbonyl (C=O) groups is 2. The minimum Gasteiger partial charge on any atom is -0.350 e. The Hall–Kier alpha value is -2.33. The summed E-state index contributed by atoms with van der Waals surface area (Å²) < 4.78 is 0. The SMILES string of the molecule is CC(C(=O)NC(C)(C)C)N(Cc1cccc(Cl)c1)C(=O)Cc1ccccc1. The highest BCUT2D eigenvalue weighted by atomic mass is 35.5. The van der Waals surface area contributed by atoms with Gasteiger partial charge in [-0.15, -0.1) is 0 Å². The first-order chi connectivity index (χ1) is 12.7. The number of rotatable bonds is 6. The van der Waals surface area contributed by atoms with Gasteiger partial charge in [0.15, 0.2) is 0 Å². The number of nitrogens with one attached hydrogen (secondary N) is 1. The fourth-order valence-corrected chi connectivity index (χ4v) is 2.97. The molecule has 0 saturated carbocycles. The molecule has 0 aliphatic heterocycles. The molecule has 144 valence electrons. The second-order valence-corrected chi connectivity index (χ2v) is 8.17. The molecule has 1 atom stereocenters. The molecular formula is C22H27ClN2O2. The quantitative estimate of drug-likeness (QED) is 0.808. The first kappa shape index (κ1) is 21.0. The van der Waals surface area contributed by atoms with Gasteiger partial charge in [-0.1, -0.05) is 54.1 Å². The molecule has 5 heteroatoms. The third-order valence-electron chi connectivity index (χ3n) is 4.11. The van der Waals surface area contributed by atoms with Crippen LogP contribution in [0.15, 0.2) is 54.6 Å². The van der Waals surface area contributed by atoms with E-state index in [0.717, 1.165) is 11.1 Å². The van der Waals surface area contributed by atoms with Gasteiger partial charge in [-0.25, -0.2) is 0 Å². The van der Waals surface area contributed by atoms with Crippen LogP contribution in [0.2, 0.25) is 5.02 Å². The van der Waals surface area contributed by atoms with Crippen molar-refractivity contribution in [3.8, 4) is 0 Å². The Balaban J connectivity index is 2.23. The Morgan fingerprint density at radius 1 is 1.04 bits per heavy atom. The summed E-state index contributed by atoms with van der Waals surface area (Å²) in [6.07, 6.45) is 0.245. The highest BCUT2D eigenvalue weighted by molar-refractivity contribution is 6.30. The Bertz CT molecular complexity index is 784. The van der Waals surface area contributed by atoms with Crippen LogP contribution in [0.25, 0.3) is 0 Å². The molecule has 4 nitrogen and oxygen atoms in total. The van der Waals surface area contributed by atoms with Crippen LogP contribution in [0.1, 0.15) is 38.8 Å². The Labute approximate surface area is 166 Å². The van der Waals surface area contributed by atoms with Crippen molar-refractivity contribution in [1.82, 2.24) is 10.2 Å². The van der Waals surface area contributed by atoms with E-state index in [9.17, 15) is 9.59 Å². The molecule has 27 heavy (non-hydrogen) atoms. The fraction of sp³-hybridized carbons (Fsp3) is 0.364. The van der Waals surface area contributed by atoms with Crippen LogP contribution in [0, 0.1) is 0 Å². The van der Waals surface area contributed by atoms with E-state index in [-0.39, 0.29) is 23.8 Å². The average Bonchev–Trinajstić information content (AvgIpc) is 2.58. The maximum atomic E-state index is 13.0. The molecule has 2 rings (SSSR count). The van der Waals surface area contributed by atoms with Crippen LogP contribution in [-0.4, -0.2) is 28.3 Å². The van der Waals surface area contributed by atoms with Gasteiger partial charge < -0.3 is 10.2 Å². The zero-order valence-electron chi connectivity index (χ0n) is 16.3. The van der Waals surface area contributed by atoms with Crippen LogP contribution in [0.4, 0.5) is 0 Å². The predicted molar refractivity (Wildman–Crippen MR) is 110 cm³/mol. The highest BCUT2D eigenvalue weighted by Gasteiger charge is 2.28. The van der Waals surface area contributed by atoms with Crippen molar-refractivity contribution in [1.29, 1.82) is 0 Å². The molecule has 2 amide bonds. The lowest BCUT2D eigenvalue weighted by Crippen LogP contribution is -2.52. The van der Waals surface area contributed by atoms with Crippen molar-refractivity contribution in [3.05, 3.63) is 70.7 Å². The molecule has 0 aliphatic rings. The Morgan fingerprint density at radius 3 is 2.26 bits per heavy atom. The molecule has 2 aromatic rings. The van der Waals surface area contributed by atoms with Crippen molar-refractivity contribution in [2.45, 2.75) is 52.2 Å². The molecule has 0 aromatic heterocycles. The average molecular weight is 387 g/mol. The van der Waals surface area contributed by atoms with E-state index >= 15 is 0 Å². The van der Waals surface area contributed by atoms with E-state index in [2.05, 4.69) is 5.32 Å². The second kappa shape index (κ2) is 9.05. The van der Waals surface area contributed by atoms with Gasteiger partial charge in [-0.05, 0) is 51.0 Å². The van der Waals surface area contributed by atoms with E-state index in [1.54, 1.807) is 17.9 Å². The summed E-state index contributed by atoms with van der Waals surface area (Å²) in [6.45, 7) is 7.85. The van der Waals surface area contributed by atoms with Gasteiger partial charge in [0.2, 0.25) is 11.8 Å². The maximum absolute atomic E-state index is 13.0. The van der Waals surface area contributed by atoms with Crippen LogP contribution < -0.4 is 5.32 Å². The van der Waals surface area contributed by atoms with E-state index in [4.69, 9.17) is 11.6 Å². The molecule has 0 aliphatic carbocycles. The van der Waals surface area contributed by atoms with Gasteiger partial charge in [0.1, 0.15) is 6.04 Å². The summed E-state index contributed by atoms with van der Waals surface area (Å²) in [6, 6.07) is 16.3. The van der Waals surface area contributed by atoms with Gasteiger partial charge in [0.25, 0.3) is 0 Å². The first-order valence-corrected chi connectivity index (χ1v) is 9.43. The molecule has 0 radical (unpaired) electrons. The van der Waals surface area contributed by atoms with Crippen molar-refractivity contribution in [3.63, 3.8) is 0 Å². The maximum Gasteiger partial charge on any atom is 0.242 e. The van der Waals surface area contributed by atoms with Crippen LogP contribution >= 0.6 is 11.6 Å².